The summed E-state index contributed by atoms with van der Waals surface area (Å²) in [6.45, 7) is 2.19. The van der Waals surface area contributed by atoms with E-state index in [1.807, 2.05) is 12.1 Å². The van der Waals surface area contributed by atoms with Crippen molar-refractivity contribution >= 4 is 17.7 Å². The van der Waals surface area contributed by atoms with Crippen LogP contribution in [-0.2, 0) is 4.79 Å². The number of nitrogens with one attached hydrogen (secondary N) is 1. The van der Waals surface area contributed by atoms with E-state index in [1.54, 1.807) is 35.2 Å². The first-order chi connectivity index (χ1) is 12.6. The van der Waals surface area contributed by atoms with Crippen LogP contribution in [0.25, 0.3) is 11.8 Å². The molecule has 5 nitrogen and oxygen atoms in total. The Morgan fingerprint density at radius 2 is 2.23 bits per heavy atom. The standard InChI is InChI=1S/C20H18FN3O2/c1-13-10-16(13)19-6-3-15(26-19)4-7-20(25)23-14-2-5-18(17(21)11-14)24-9-8-22-12-24/h2-9,11-13,16H,10H2,1H3,(H,23,25). The molecule has 2 aromatic heterocycles. The van der Waals surface area contributed by atoms with Crippen molar-refractivity contribution in [3.05, 3.63) is 72.5 Å². The van der Waals surface area contributed by atoms with E-state index in [-0.39, 0.29) is 5.91 Å². The van der Waals surface area contributed by atoms with E-state index in [9.17, 15) is 9.18 Å². The third-order valence-corrected chi connectivity index (χ3v) is 4.52. The van der Waals surface area contributed by atoms with Gasteiger partial charge in [0, 0.05) is 30.1 Å². The van der Waals surface area contributed by atoms with E-state index >= 15 is 0 Å². The van der Waals surface area contributed by atoms with Crippen LogP contribution in [0.5, 0.6) is 0 Å². The maximum absolute atomic E-state index is 14.2. The van der Waals surface area contributed by atoms with Gasteiger partial charge in [-0.1, -0.05) is 6.92 Å². The van der Waals surface area contributed by atoms with E-state index in [0.29, 0.717) is 29.0 Å². The normalized spacial score (nSPS) is 19.0. The molecule has 1 N–H and O–H groups in total. The van der Waals surface area contributed by atoms with E-state index in [0.717, 1.165) is 12.2 Å². The third kappa shape index (κ3) is 3.44. The second-order valence-corrected chi connectivity index (χ2v) is 6.52. The first-order valence-corrected chi connectivity index (χ1v) is 8.47. The summed E-state index contributed by atoms with van der Waals surface area (Å²) >= 11 is 0. The maximum Gasteiger partial charge on any atom is 0.248 e. The zero-order valence-corrected chi connectivity index (χ0v) is 14.2. The predicted octanol–water partition coefficient (Wildman–Crippen LogP) is 4.38. The molecule has 2 heterocycles. The van der Waals surface area contributed by atoms with E-state index in [2.05, 4.69) is 17.2 Å². The number of hydrogen-bond donors (Lipinski definition) is 1. The molecule has 0 aliphatic heterocycles. The van der Waals surface area contributed by atoms with Crippen molar-refractivity contribution < 1.29 is 13.6 Å². The van der Waals surface area contributed by atoms with Crippen LogP contribution in [0, 0.1) is 11.7 Å². The fourth-order valence-corrected chi connectivity index (χ4v) is 2.91. The highest BCUT2D eigenvalue weighted by Crippen LogP contribution is 2.47. The van der Waals surface area contributed by atoms with Gasteiger partial charge in [0.25, 0.3) is 0 Å². The van der Waals surface area contributed by atoms with E-state index < -0.39 is 5.82 Å². The topological polar surface area (TPSA) is 60.1 Å². The number of benzene rings is 1. The van der Waals surface area contributed by atoms with Crippen LogP contribution >= 0.6 is 0 Å². The first-order valence-electron chi connectivity index (χ1n) is 8.47. The molecule has 1 amide bonds. The molecule has 0 saturated heterocycles. The van der Waals surface area contributed by atoms with E-state index in [1.165, 1.54) is 18.5 Å². The molecular weight excluding hydrogens is 333 g/mol. The lowest BCUT2D eigenvalue weighted by molar-refractivity contribution is -0.111. The average molecular weight is 351 g/mol. The molecule has 132 valence electrons. The monoisotopic (exact) mass is 351 g/mol. The number of anilines is 1. The number of carbonyl (C=O) groups is 1. The van der Waals surface area contributed by atoms with Crippen LogP contribution in [0.4, 0.5) is 10.1 Å². The summed E-state index contributed by atoms with van der Waals surface area (Å²) in [5.41, 5.74) is 0.751. The third-order valence-electron chi connectivity index (χ3n) is 4.52. The van der Waals surface area contributed by atoms with E-state index in [4.69, 9.17) is 4.42 Å². The molecule has 1 fully saturated rings. The van der Waals surface area contributed by atoms with Crippen molar-refractivity contribution in [1.29, 1.82) is 0 Å². The summed E-state index contributed by atoms with van der Waals surface area (Å²) in [5.74, 6) is 1.98. The van der Waals surface area contributed by atoms with Crippen LogP contribution in [0.15, 0.2) is 59.5 Å². The molecule has 1 aliphatic carbocycles. The summed E-state index contributed by atoms with van der Waals surface area (Å²) in [4.78, 5) is 15.9. The molecule has 0 bridgehead atoms. The molecule has 0 spiro atoms. The molecule has 1 aliphatic rings. The number of furan rings is 1. The van der Waals surface area contributed by atoms with Gasteiger partial charge in [-0.3, -0.25) is 4.79 Å². The molecule has 26 heavy (non-hydrogen) atoms. The second-order valence-electron chi connectivity index (χ2n) is 6.52. The molecule has 3 aromatic rings. The summed E-state index contributed by atoms with van der Waals surface area (Å²) in [5, 5.41) is 2.64. The number of rotatable bonds is 5. The van der Waals surface area contributed by atoms with Gasteiger partial charge in [-0.05, 0) is 48.7 Å². The SMILES string of the molecule is CC1CC1c1ccc(C=CC(=O)Nc2ccc(-n3ccnc3)c(F)c2)o1. The minimum atomic E-state index is -0.445. The zero-order valence-electron chi connectivity index (χ0n) is 14.2. The summed E-state index contributed by atoms with van der Waals surface area (Å²) in [6.07, 6.45) is 8.88. The Hall–Kier alpha value is -3.15. The average Bonchev–Trinajstić information content (AvgIpc) is 3.06. The van der Waals surface area contributed by atoms with Crippen LogP contribution in [0.3, 0.4) is 0 Å². The van der Waals surface area contributed by atoms with Crippen LogP contribution in [-0.4, -0.2) is 15.5 Å². The largest absolute Gasteiger partial charge is 0.461 e. The van der Waals surface area contributed by atoms with Crippen molar-refractivity contribution in [3.63, 3.8) is 0 Å². The van der Waals surface area contributed by atoms with Gasteiger partial charge in [-0.15, -0.1) is 0 Å². The number of carbonyl (C=O) groups excluding carboxylic acids is 1. The smallest absolute Gasteiger partial charge is 0.248 e. The minimum absolute atomic E-state index is 0.350. The zero-order chi connectivity index (χ0) is 18.1. The van der Waals surface area contributed by atoms with Gasteiger partial charge in [0.15, 0.2) is 0 Å². The van der Waals surface area contributed by atoms with Crippen molar-refractivity contribution in [2.24, 2.45) is 5.92 Å². The van der Waals surface area contributed by atoms with Crippen molar-refractivity contribution in [1.82, 2.24) is 9.55 Å². The quantitative estimate of drug-likeness (QED) is 0.694. The Balaban J connectivity index is 1.40. The second kappa shape index (κ2) is 6.63. The number of imidazole rings is 1. The van der Waals surface area contributed by atoms with Gasteiger partial charge in [0.05, 0.1) is 12.0 Å². The first kappa shape index (κ1) is 16.3. The van der Waals surface area contributed by atoms with Gasteiger partial charge in [-0.2, -0.15) is 0 Å². The highest BCUT2D eigenvalue weighted by atomic mass is 19.1. The summed E-state index contributed by atoms with van der Waals surface area (Å²) in [6, 6.07) is 8.32. The number of amides is 1. The molecule has 2 atom stereocenters. The van der Waals surface area contributed by atoms with Crippen molar-refractivity contribution in [3.8, 4) is 5.69 Å². The fraction of sp³-hybridized carbons (Fsp3) is 0.200. The minimum Gasteiger partial charge on any atom is -0.461 e. The van der Waals surface area contributed by atoms with Crippen molar-refractivity contribution in [2.45, 2.75) is 19.3 Å². The highest BCUT2D eigenvalue weighted by Gasteiger charge is 2.36. The Morgan fingerprint density at radius 3 is 2.92 bits per heavy atom. The maximum atomic E-state index is 14.2. The van der Waals surface area contributed by atoms with Gasteiger partial charge >= 0.3 is 0 Å². The van der Waals surface area contributed by atoms with Gasteiger partial charge < -0.3 is 14.3 Å². The predicted molar refractivity (Wildman–Crippen MR) is 96.4 cm³/mol. The lowest BCUT2D eigenvalue weighted by Crippen LogP contribution is -2.08. The Bertz CT molecular complexity index is 959. The number of aromatic nitrogens is 2. The number of hydrogen-bond acceptors (Lipinski definition) is 3. The molecule has 6 heteroatoms. The summed E-state index contributed by atoms with van der Waals surface area (Å²) in [7, 11) is 0. The molecular formula is C20H18FN3O2. The Labute approximate surface area is 150 Å². The van der Waals surface area contributed by atoms with Crippen LogP contribution in [0.2, 0.25) is 0 Å². The van der Waals surface area contributed by atoms with Gasteiger partial charge in [0.2, 0.25) is 5.91 Å². The number of halogens is 1. The highest BCUT2D eigenvalue weighted by molar-refractivity contribution is 6.01. The molecule has 1 aromatic carbocycles. The Morgan fingerprint density at radius 1 is 1.38 bits per heavy atom. The fourth-order valence-electron chi connectivity index (χ4n) is 2.91. The van der Waals surface area contributed by atoms with Gasteiger partial charge in [0.1, 0.15) is 17.3 Å². The summed E-state index contributed by atoms with van der Waals surface area (Å²) < 4.78 is 21.5. The van der Waals surface area contributed by atoms with Crippen molar-refractivity contribution in [2.75, 3.05) is 5.32 Å². The lowest BCUT2D eigenvalue weighted by Gasteiger charge is -2.07. The molecule has 4 rings (SSSR count). The van der Waals surface area contributed by atoms with Gasteiger partial charge in [-0.25, -0.2) is 9.37 Å². The molecule has 2 unspecified atom stereocenters. The van der Waals surface area contributed by atoms with Crippen LogP contribution in [0.1, 0.15) is 30.8 Å². The molecule has 0 radical (unpaired) electrons. The number of nitrogens with zero attached hydrogens (tertiary/aromatic N) is 2. The lowest BCUT2D eigenvalue weighted by atomic mass is 10.2. The Kier molecular flexibility index (Phi) is 4.16. The molecule has 1 saturated carbocycles. The van der Waals surface area contributed by atoms with Crippen LogP contribution < -0.4 is 5.32 Å².